The molecule has 0 saturated carbocycles. The highest BCUT2D eigenvalue weighted by atomic mass is 35.5. The SMILES string of the molecule is CC(C)(C)NS(=O)(=O)Nc1ccc(Cl)c(O)c1. The van der Waals surface area contributed by atoms with Gasteiger partial charge in [-0.1, -0.05) is 11.6 Å². The molecule has 0 bridgehead atoms. The van der Waals surface area contributed by atoms with Gasteiger partial charge in [-0.05, 0) is 32.9 Å². The van der Waals surface area contributed by atoms with Crippen molar-refractivity contribution in [3.8, 4) is 5.75 Å². The first-order valence-corrected chi connectivity index (χ1v) is 6.75. The molecule has 96 valence electrons. The third kappa shape index (κ3) is 4.80. The maximum atomic E-state index is 11.7. The molecule has 5 nitrogen and oxygen atoms in total. The van der Waals surface area contributed by atoms with E-state index in [9.17, 15) is 13.5 Å². The molecule has 0 fully saturated rings. The predicted molar refractivity (Wildman–Crippen MR) is 68.5 cm³/mol. The highest BCUT2D eigenvalue weighted by Crippen LogP contribution is 2.26. The second-order valence-electron chi connectivity index (χ2n) is 4.62. The number of aromatic hydroxyl groups is 1. The molecular formula is C10H15ClN2O3S. The Balaban J connectivity index is 2.87. The van der Waals surface area contributed by atoms with Crippen molar-refractivity contribution in [1.82, 2.24) is 4.72 Å². The summed E-state index contributed by atoms with van der Waals surface area (Å²) >= 11 is 5.62. The normalized spacial score (nSPS) is 12.5. The van der Waals surface area contributed by atoms with Gasteiger partial charge in [-0.15, -0.1) is 0 Å². The summed E-state index contributed by atoms with van der Waals surface area (Å²) in [6, 6.07) is 4.11. The molecule has 0 aliphatic rings. The van der Waals surface area contributed by atoms with Crippen LogP contribution in [0, 0.1) is 0 Å². The summed E-state index contributed by atoms with van der Waals surface area (Å²) in [5.41, 5.74) is -0.344. The molecule has 1 aromatic carbocycles. The van der Waals surface area contributed by atoms with Gasteiger partial charge >= 0.3 is 0 Å². The van der Waals surface area contributed by atoms with Crippen molar-refractivity contribution in [2.75, 3.05) is 4.72 Å². The lowest BCUT2D eigenvalue weighted by molar-refractivity contribution is 0.476. The summed E-state index contributed by atoms with van der Waals surface area (Å²) < 4.78 is 28.1. The lowest BCUT2D eigenvalue weighted by Gasteiger charge is -2.20. The molecule has 17 heavy (non-hydrogen) atoms. The number of nitrogens with one attached hydrogen (secondary N) is 2. The van der Waals surface area contributed by atoms with Crippen LogP contribution in [0.4, 0.5) is 5.69 Å². The standard InChI is InChI=1S/C10H15ClN2O3S/c1-10(2,3)13-17(15,16)12-7-4-5-8(11)9(14)6-7/h4-6,12-14H,1-3H3. The molecule has 0 heterocycles. The van der Waals surface area contributed by atoms with Crippen LogP contribution in [0.25, 0.3) is 0 Å². The van der Waals surface area contributed by atoms with Gasteiger partial charge in [0.1, 0.15) is 5.75 Å². The van der Waals surface area contributed by atoms with Gasteiger partial charge in [0.2, 0.25) is 0 Å². The van der Waals surface area contributed by atoms with E-state index in [1.165, 1.54) is 18.2 Å². The summed E-state index contributed by atoms with van der Waals surface area (Å²) in [7, 11) is -3.68. The molecule has 0 saturated heterocycles. The molecular weight excluding hydrogens is 264 g/mol. The highest BCUT2D eigenvalue weighted by molar-refractivity contribution is 7.90. The lowest BCUT2D eigenvalue weighted by Crippen LogP contribution is -2.43. The quantitative estimate of drug-likeness (QED) is 0.792. The predicted octanol–water partition coefficient (Wildman–Crippen LogP) is 2.09. The van der Waals surface area contributed by atoms with Gasteiger partial charge in [0.25, 0.3) is 10.2 Å². The third-order valence-corrected chi connectivity index (χ3v) is 3.34. The molecule has 0 aliphatic heterocycles. The molecule has 0 amide bonds. The van der Waals surface area contributed by atoms with Crippen molar-refractivity contribution >= 4 is 27.5 Å². The van der Waals surface area contributed by atoms with Crippen LogP contribution in [0.3, 0.4) is 0 Å². The summed E-state index contributed by atoms with van der Waals surface area (Å²) in [6.07, 6.45) is 0. The summed E-state index contributed by atoms with van der Waals surface area (Å²) in [4.78, 5) is 0. The minimum Gasteiger partial charge on any atom is -0.506 e. The van der Waals surface area contributed by atoms with E-state index >= 15 is 0 Å². The number of hydrogen-bond acceptors (Lipinski definition) is 3. The van der Waals surface area contributed by atoms with E-state index in [0.29, 0.717) is 0 Å². The number of hydrogen-bond donors (Lipinski definition) is 3. The molecule has 0 aromatic heterocycles. The number of phenols is 1. The molecule has 7 heteroatoms. The van der Waals surface area contributed by atoms with Gasteiger partial charge in [0, 0.05) is 11.6 Å². The van der Waals surface area contributed by atoms with Crippen molar-refractivity contribution in [1.29, 1.82) is 0 Å². The lowest BCUT2D eigenvalue weighted by atomic mass is 10.1. The van der Waals surface area contributed by atoms with Gasteiger partial charge in [0.05, 0.1) is 10.7 Å². The molecule has 0 aliphatic carbocycles. The van der Waals surface area contributed by atoms with Crippen molar-refractivity contribution in [3.05, 3.63) is 23.2 Å². The van der Waals surface area contributed by atoms with Gasteiger partial charge in [-0.3, -0.25) is 4.72 Å². The van der Waals surface area contributed by atoms with Crippen molar-refractivity contribution in [2.45, 2.75) is 26.3 Å². The van der Waals surface area contributed by atoms with Crippen LogP contribution in [0.15, 0.2) is 18.2 Å². The molecule has 0 unspecified atom stereocenters. The highest BCUT2D eigenvalue weighted by Gasteiger charge is 2.19. The van der Waals surface area contributed by atoms with E-state index in [0.717, 1.165) is 0 Å². The maximum Gasteiger partial charge on any atom is 0.299 e. The van der Waals surface area contributed by atoms with E-state index in [1.54, 1.807) is 20.8 Å². The van der Waals surface area contributed by atoms with Crippen molar-refractivity contribution in [3.63, 3.8) is 0 Å². The van der Waals surface area contributed by atoms with E-state index < -0.39 is 15.7 Å². The Morgan fingerprint density at radius 2 is 1.88 bits per heavy atom. The first-order valence-electron chi connectivity index (χ1n) is 4.89. The Morgan fingerprint density at radius 1 is 1.29 bits per heavy atom. The van der Waals surface area contributed by atoms with Gasteiger partial charge in [0.15, 0.2) is 0 Å². The van der Waals surface area contributed by atoms with E-state index in [-0.39, 0.29) is 16.5 Å². The molecule has 0 spiro atoms. The Labute approximate surface area is 106 Å². The number of halogens is 1. The van der Waals surface area contributed by atoms with E-state index in [4.69, 9.17) is 11.6 Å². The second kappa shape index (κ2) is 4.72. The monoisotopic (exact) mass is 278 g/mol. The average molecular weight is 279 g/mol. The fraction of sp³-hybridized carbons (Fsp3) is 0.400. The summed E-state index contributed by atoms with van der Waals surface area (Å²) in [6.45, 7) is 5.18. The summed E-state index contributed by atoms with van der Waals surface area (Å²) in [5.74, 6) is -0.178. The zero-order valence-electron chi connectivity index (χ0n) is 9.78. The third-order valence-electron chi connectivity index (χ3n) is 1.64. The van der Waals surface area contributed by atoms with Crippen molar-refractivity contribution < 1.29 is 13.5 Å². The van der Waals surface area contributed by atoms with E-state index in [1.807, 2.05) is 0 Å². The topological polar surface area (TPSA) is 78.4 Å². The Hall–Kier alpha value is -0.980. The minimum absolute atomic E-state index is 0.164. The van der Waals surface area contributed by atoms with Crippen LogP contribution in [0.5, 0.6) is 5.75 Å². The Morgan fingerprint density at radius 3 is 2.35 bits per heavy atom. The van der Waals surface area contributed by atoms with E-state index in [2.05, 4.69) is 9.44 Å². The number of benzene rings is 1. The fourth-order valence-corrected chi connectivity index (χ4v) is 2.57. The second-order valence-corrected chi connectivity index (χ2v) is 6.45. The fourth-order valence-electron chi connectivity index (χ4n) is 1.16. The molecule has 3 N–H and O–H groups in total. The number of phenolic OH excluding ortho intramolecular Hbond substituents is 1. The zero-order valence-corrected chi connectivity index (χ0v) is 11.4. The van der Waals surface area contributed by atoms with Crippen LogP contribution < -0.4 is 9.44 Å². The molecule has 1 rings (SSSR count). The van der Waals surface area contributed by atoms with Crippen molar-refractivity contribution in [2.24, 2.45) is 0 Å². The molecule has 0 atom stereocenters. The van der Waals surface area contributed by atoms with Crippen LogP contribution in [-0.4, -0.2) is 19.1 Å². The largest absolute Gasteiger partial charge is 0.506 e. The Bertz CT molecular complexity index is 509. The average Bonchev–Trinajstić information content (AvgIpc) is 2.06. The first-order chi connectivity index (χ1) is 7.59. The van der Waals surface area contributed by atoms with Crippen LogP contribution in [0.1, 0.15) is 20.8 Å². The van der Waals surface area contributed by atoms with Crippen LogP contribution >= 0.6 is 11.6 Å². The maximum absolute atomic E-state index is 11.7. The summed E-state index contributed by atoms with van der Waals surface area (Å²) in [5, 5.41) is 9.51. The molecule has 1 aromatic rings. The smallest absolute Gasteiger partial charge is 0.299 e. The van der Waals surface area contributed by atoms with Gasteiger partial charge in [-0.2, -0.15) is 13.1 Å². The van der Waals surface area contributed by atoms with Crippen LogP contribution in [-0.2, 0) is 10.2 Å². The number of rotatable bonds is 3. The first kappa shape index (κ1) is 14.1. The minimum atomic E-state index is -3.68. The molecule has 0 radical (unpaired) electrons. The van der Waals surface area contributed by atoms with Crippen LogP contribution in [0.2, 0.25) is 5.02 Å². The van der Waals surface area contributed by atoms with Gasteiger partial charge < -0.3 is 5.11 Å². The van der Waals surface area contributed by atoms with Gasteiger partial charge in [-0.25, -0.2) is 0 Å². The number of anilines is 1. The zero-order chi connectivity index (χ0) is 13.3. The Kier molecular flexibility index (Phi) is 3.91.